The van der Waals surface area contributed by atoms with E-state index in [4.69, 9.17) is 5.11 Å². The highest BCUT2D eigenvalue weighted by molar-refractivity contribution is 5.66. The second kappa shape index (κ2) is 4.43. The number of carbonyl (C=O) groups is 1. The predicted octanol–water partition coefficient (Wildman–Crippen LogP) is 3.13. The van der Waals surface area contributed by atoms with Gasteiger partial charge in [-0.05, 0) is 36.5 Å². The first-order chi connectivity index (χ1) is 7.99. The number of alkyl halides is 2. The molecule has 0 spiro atoms. The molecule has 0 heterocycles. The molecular formula is C13H14F2O2. The number of carboxylic acids is 1. The molecule has 0 fully saturated rings. The first-order valence-corrected chi connectivity index (χ1v) is 5.71. The van der Waals surface area contributed by atoms with Gasteiger partial charge in [-0.25, -0.2) is 8.78 Å². The van der Waals surface area contributed by atoms with Crippen molar-refractivity contribution in [2.75, 3.05) is 0 Å². The molecule has 0 saturated carbocycles. The van der Waals surface area contributed by atoms with E-state index >= 15 is 0 Å². The lowest BCUT2D eigenvalue weighted by atomic mass is 9.99. The van der Waals surface area contributed by atoms with Crippen LogP contribution in [-0.2, 0) is 23.6 Å². The highest BCUT2D eigenvalue weighted by Gasteiger charge is 2.32. The molecule has 0 atom stereocenters. The Bertz CT molecular complexity index is 441. The molecule has 0 bridgehead atoms. The summed E-state index contributed by atoms with van der Waals surface area (Å²) >= 11 is 0. The van der Waals surface area contributed by atoms with Crippen LogP contribution in [0, 0.1) is 0 Å². The number of rotatable bonds is 4. The van der Waals surface area contributed by atoms with Gasteiger partial charge in [0.05, 0.1) is 6.42 Å². The number of hydrogen-bond acceptors (Lipinski definition) is 1. The molecule has 4 heteroatoms. The lowest BCUT2D eigenvalue weighted by Gasteiger charge is -2.16. The van der Waals surface area contributed by atoms with E-state index in [-0.39, 0.29) is 5.56 Å². The molecule has 0 amide bonds. The van der Waals surface area contributed by atoms with Gasteiger partial charge in [0.2, 0.25) is 0 Å². The van der Waals surface area contributed by atoms with Crippen LogP contribution >= 0.6 is 0 Å². The highest BCUT2D eigenvalue weighted by Crippen LogP contribution is 2.35. The quantitative estimate of drug-likeness (QED) is 0.877. The van der Waals surface area contributed by atoms with Crippen molar-refractivity contribution in [1.29, 1.82) is 0 Å². The van der Waals surface area contributed by atoms with Crippen molar-refractivity contribution >= 4 is 5.97 Å². The average Bonchev–Trinajstić information content (AvgIpc) is 2.73. The lowest BCUT2D eigenvalue weighted by molar-refractivity contribution is -0.139. The summed E-state index contributed by atoms with van der Waals surface area (Å²) in [5, 5.41) is 8.45. The first kappa shape index (κ1) is 12.0. The molecule has 0 radical (unpaired) electrons. The molecule has 0 unspecified atom stereocenters. The van der Waals surface area contributed by atoms with E-state index in [0.717, 1.165) is 30.4 Å². The van der Waals surface area contributed by atoms with Crippen LogP contribution in [0.25, 0.3) is 0 Å². The van der Waals surface area contributed by atoms with Crippen molar-refractivity contribution in [2.45, 2.75) is 38.0 Å². The van der Waals surface area contributed by atoms with E-state index in [1.165, 1.54) is 12.1 Å². The van der Waals surface area contributed by atoms with Crippen molar-refractivity contribution in [3.63, 3.8) is 0 Å². The molecule has 92 valence electrons. The third-order valence-electron chi connectivity index (χ3n) is 3.17. The fraction of sp³-hybridized carbons (Fsp3) is 0.462. The Morgan fingerprint density at radius 3 is 2.71 bits per heavy atom. The van der Waals surface area contributed by atoms with E-state index in [9.17, 15) is 13.6 Å². The minimum atomic E-state index is -3.05. The number of benzene rings is 1. The van der Waals surface area contributed by atoms with Crippen LogP contribution in [0.15, 0.2) is 18.2 Å². The minimum Gasteiger partial charge on any atom is -0.481 e. The zero-order valence-corrected chi connectivity index (χ0v) is 9.38. The Labute approximate surface area is 98.3 Å². The zero-order valence-electron chi connectivity index (χ0n) is 9.38. The summed E-state index contributed by atoms with van der Waals surface area (Å²) in [6, 6.07) is 4.70. The lowest BCUT2D eigenvalue weighted by Crippen LogP contribution is -2.15. The first-order valence-electron chi connectivity index (χ1n) is 5.71. The van der Waals surface area contributed by atoms with E-state index in [1.54, 1.807) is 6.07 Å². The molecular weight excluding hydrogens is 226 g/mol. The monoisotopic (exact) mass is 240 g/mol. The topological polar surface area (TPSA) is 37.3 Å². The van der Waals surface area contributed by atoms with Gasteiger partial charge in [0.15, 0.2) is 0 Å². The fourth-order valence-corrected chi connectivity index (χ4v) is 2.21. The third kappa shape index (κ3) is 2.62. The van der Waals surface area contributed by atoms with Gasteiger partial charge < -0.3 is 5.11 Å². The van der Waals surface area contributed by atoms with Crippen molar-refractivity contribution in [1.82, 2.24) is 0 Å². The van der Waals surface area contributed by atoms with Gasteiger partial charge in [0, 0.05) is 12.0 Å². The number of hydrogen-bond donors (Lipinski definition) is 1. The molecule has 0 aliphatic heterocycles. The van der Waals surface area contributed by atoms with Crippen LogP contribution in [0.5, 0.6) is 0 Å². The van der Waals surface area contributed by atoms with Crippen LogP contribution < -0.4 is 0 Å². The molecule has 2 rings (SSSR count). The smallest absolute Gasteiger partial charge is 0.303 e. The molecule has 1 aromatic rings. The summed E-state index contributed by atoms with van der Waals surface area (Å²) in [5.41, 5.74) is 2.07. The average molecular weight is 240 g/mol. The van der Waals surface area contributed by atoms with Crippen LogP contribution in [0.2, 0.25) is 0 Å². The Balaban J connectivity index is 2.18. The van der Waals surface area contributed by atoms with Gasteiger partial charge in [0.25, 0.3) is 5.92 Å². The number of halogens is 2. The summed E-state index contributed by atoms with van der Waals surface area (Å²) in [7, 11) is 0. The fourth-order valence-electron chi connectivity index (χ4n) is 2.21. The summed E-state index contributed by atoms with van der Waals surface area (Å²) in [4.78, 5) is 10.3. The Kier molecular flexibility index (Phi) is 3.13. The number of aryl methyl sites for hydroxylation is 2. The van der Waals surface area contributed by atoms with Crippen LogP contribution in [0.4, 0.5) is 8.78 Å². The van der Waals surface area contributed by atoms with E-state index in [2.05, 4.69) is 0 Å². The molecule has 1 aromatic carbocycles. The van der Waals surface area contributed by atoms with Gasteiger partial charge in [-0.15, -0.1) is 0 Å². The molecule has 1 aliphatic rings. The Hall–Kier alpha value is -1.45. The van der Waals surface area contributed by atoms with E-state index in [0.29, 0.717) is 0 Å². The molecule has 2 nitrogen and oxygen atoms in total. The van der Waals surface area contributed by atoms with Crippen molar-refractivity contribution < 1.29 is 18.7 Å². The summed E-state index contributed by atoms with van der Waals surface area (Å²) < 4.78 is 27.4. The van der Waals surface area contributed by atoms with E-state index in [1.807, 2.05) is 0 Å². The van der Waals surface area contributed by atoms with E-state index < -0.39 is 24.7 Å². The van der Waals surface area contributed by atoms with Gasteiger partial charge in [-0.2, -0.15) is 0 Å². The van der Waals surface area contributed by atoms with Crippen LogP contribution in [0.1, 0.15) is 36.0 Å². The molecule has 0 saturated heterocycles. The molecule has 1 aliphatic carbocycles. The largest absolute Gasteiger partial charge is 0.481 e. The molecule has 17 heavy (non-hydrogen) atoms. The maximum Gasteiger partial charge on any atom is 0.303 e. The standard InChI is InChI=1S/C13H14F2O2/c14-13(15,7-6-12(16)17)11-5-4-9-2-1-3-10(9)8-11/h4-5,8H,1-3,6-7H2,(H,16,17). The predicted molar refractivity (Wildman–Crippen MR) is 59.2 cm³/mol. The number of aliphatic carboxylic acids is 1. The van der Waals surface area contributed by atoms with Gasteiger partial charge in [-0.3, -0.25) is 4.79 Å². The number of fused-ring (bicyclic) bond motifs is 1. The maximum atomic E-state index is 13.7. The van der Waals surface area contributed by atoms with Gasteiger partial charge >= 0.3 is 5.97 Å². The summed E-state index contributed by atoms with van der Waals surface area (Å²) in [6.45, 7) is 0. The Morgan fingerprint density at radius 2 is 2.00 bits per heavy atom. The number of carboxylic acid groups (broad SMARTS) is 1. The van der Waals surface area contributed by atoms with Crippen molar-refractivity contribution in [3.05, 3.63) is 34.9 Å². The zero-order chi connectivity index (χ0) is 12.5. The second-order valence-electron chi connectivity index (χ2n) is 4.44. The van der Waals surface area contributed by atoms with Crippen LogP contribution in [0.3, 0.4) is 0 Å². The Morgan fingerprint density at radius 1 is 1.29 bits per heavy atom. The highest BCUT2D eigenvalue weighted by atomic mass is 19.3. The molecule has 1 N–H and O–H groups in total. The van der Waals surface area contributed by atoms with Crippen molar-refractivity contribution in [3.8, 4) is 0 Å². The normalized spacial score (nSPS) is 14.7. The minimum absolute atomic E-state index is 0.0561. The summed E-state index contributed by atoms with van der Waals surface area (Å²) in [5.74, 6) is -4.23. The SMILES string of the molecule is O=C(O)CCC(F)(F)c1ccc2c(c1)CCC2. The summed E-state index contributed by atoms with van der Waals surface area (Å²) in [6.07, 6.45) is 1.67. The maximum absolute atomic E-state index is 13.7. The third-order valence-corrected chi connectivity index (χ3v) is 3.17. The van der Waals surface area contributed by atoms with Crippen LogP contribution in [-0.4, -0.2) is 11.1 Å². The van der Waals surface area contributed by atoms with Gasteiger partial charge in [-0.1, -0.05) is 12.1 Å². The van der Waals surface area contributed by atoms with Crippen molar-refractivity contribution in [2.24, 2.45) is 0 Å². The molecule has 0 aromatic heterocycles. The second-order valence-corrected chi connectivity index (χ2v) is 4.44. The van der Waals surface area contributed by atoms with Gasteiger partial charge in [0.1, 0.15) is 0 Å².